The van der Waals surface area contributed by atoms with Gasteiger partial charge in [0.1, 0.15) is 0 Å². The summed E-state index contributed by atoms with van der Waals surface area (Å²) >= 11 is 0. The Labute approximate surface area is 367 Å². The van der Waals surface area contributed by atoms with Crippen molar-refractivity contribution < 1.29 is 0 Å². The normalized spacial score (nSPS) is 14.4. The smallest absolute Gasteiger partial charge is 0.0755 e. The Kier molecular flexibility index (Phi) is 7.85. The average Bonchev–Trinajstić information content (AvgIpc) is 3.86. The van der Waals surface area contributed by atoms with Crippen LogP contribution in [0.25, 0.3) is 72.0 Å². The van der Waals surface area contributed by atoms with Gasteiger partial charge in [0.25, 0.3) is 0 Å². The zero-order chi connectivity index (χ0) is 41.5. The van der Waals surface area contributed by atoms with Crippen molar-refractivity contribution in [3.8, 4) is 50.2 Å². The molecule has 294 valence electrons. The minimum absolute atomic E-state index is 0.570. The summed E-state index contributed by atoms with van der Waals surface area (Å²) in [6, 6.07) is 89.6. The molecular weight excluding hydrogens is 761 g/mol. The largest absolute Gasteiger partial charge is 0.309 e. The van der Waals surface area contributed by atoms with Crippen LogP contribution in [0.5, 0.6) is 0 Å². The van der Waals surface area contributed by atoms with Crippen molar-refractivity contribution in [2.24, 2.45) is 0 Å². The molecule has 0 bridgehead atoms. The molecule has 1 aliphatic carbocycles. The summed E-state index contributed by atoms with van der Waals surface area (Å²) in [5.41, 5.74) is 21.4. The molecule has 0 N–H and O–H groups in total. The maximum Gasteiger partial charge on any atom is 0.0755 e. The third-order valence-corrected chi connectivity index (χ3v) is 13.6. The Morgan fingerprint density at radius 2 is 0.889 bits per heavy atom. The number of nitrogens with zero attached hydrogens (tertiary/aromatic N) is 2. The van der Waals surface area contributed by atoms with Crippen LogP contribution in [-0.2, 0) is 5.41 Å². The lowest BCUT2D eigenvalue weighted by Crippen LogP contribution is -2.33. The molecule has 1 spiro atoms. The van der Waals surface area contributed by atoms with Crippen molar-refractivity contribution >= 4 is 38.9 Å². The van der Waals surface area contributed by atoms with Gasteiger partial charge in [-0.1, -0.05) is 206 Å². The fourth-order valence-electron chi connectivity index (χ4n) is 11.1. The minimum atomic E-state index is -0.570. The van der Waals surface area contributed by atoms with Crippen LogP contribution >= 0.6 is 0 Å². The van der Waals surface area contributed by atoms with E-state index in [1.807, 2.05) is 0 Å². The van der Waals surface area contributed by atoms with E-state index in [1.165, 1.54) is 88.7 Å². The van der Waals surface area contributed by atoms with E-state index in [9.17, 15) is 0 Å². The quantitative estimate of drug-likeness (QED) is 0.163. The molecule has 1 aliphatic heterocycles. The highest BCUT2D eigenvalue weighted by molar-refractivity contribution is 6.13. The number of benzene rings is 10. The Balaban J connectivity index is 1.14. The Morgan fingerprint density at radius 3 is 1.73 bits per heavy atom. The zero-order valence-electron chi connectivity index (χ0n) is 34.5. The monoisotopic (exact) mass is 800 g/mol. The first kappa shape index (κ1) is 35.5. The summed E-state index contributed by atoms with van der Waals surface area (Å²) in [5.74, 6) is 0. The maximum atomic E-state index is 2.53. The molecule has 2 heterocycles. The van der Waals surface area contributed by atoms with Crippen LogP contribution in [0, 0.1) is 0 Å². The fourth-order valence-corrected chi connectivity index (χ4v) is 11.1. The van der Waals surface area contributed by atoms with Gasteiger partial charge in [-0.05, 0) is 92.0 Å². The van der Waals surface area contributed by atoms with Crippen LogP contribution in [0.1, 0.15) is 22.3 Å². The van der Waals surface area contributed by atoms with Gasteiger partial charge in [0.05, 0.1) is 33.5 Å². The summed E-state index contributed by atoms with van der Waals surface area (Å²) in [6.45, 7) is 0. The van der Waals surface area contributed by atoms with Crippen molar-refractivity contribution in [1.29, 1.82) is 0 Å². The van der Waals surface area contributed by atoms with E-state index < -0.39 is 5.41 Å². The summed E-state index contributed by atoms with van der Waals surface area (Å²) in [7, 11) is 0. The molecule has 2 heteroatoms. The van der Waals surface area contributed by atoms with Gasteiger partial charge in [0.2, 0.25) is 0 Å². The molecule has 1 aromatic heterocycles. The average molecular weight is 801 g/mol. The molecule has 2 aliphatic rings. The lowest BCUT2D eigenvalue weighted by atomic mass is 9.65. The van der Waals surface area contributed by atoms with Crippen LogP contribution in [-0.4, -0.2) is 4.57 Å². The molecular formula is C61H40N2. The van der Waals surface area contributed by atoms with E-state index in [-0.39, 0.29) is 0 Å². The first-order chi connectivity index (χ1) is 31.3. The van der Waals surface area contributed by atoms with E-state index in [0.717, 1.165) is 22.6 Å². The highest BCUT2D eigenvalue weighted by atomic mass is 15.1. The first-order valence-electron chi connectivity index (χ1n) is 21.9. The van der Waals surface area contributed by atoms with Gasteiger partial charge in [-0.15, -0.1) is 0 Å². The molecule has 1 unspecified atom stereocenters. The molecule has 0 radical (unpaired) electrons. The number of fused-ring (bicyclic) bond motifs is 12. The predicted molar refractivity (Wildman–Crippen MR) is 263 cm³/mol. The van der Waals surface area contributed by atoms with Crippen molar-refractivity contribution in [2.45, 2.75) is 5.41 Å². The molecule has 0 amide bonds. The third kappa shape index (κ3) is 5.07. The number of hydrogen-bond acceptors (Lipinski definition) is 1. The topological polar surface area (TPSA) is 8.17 Å². The van der Waals surface area contributed by atoms with Gasteiger partial charge in [-0.25, -0.2) is 0 Å². The molecule has 2 nitrogen and oxygen atoms in total. The second-order valence-corrected chi connectivity index (χ2v) is 16.7. The van der Waals surface area contributed by atoms with E-state index in [1.54, 1.807) is 0 Å². The number of rotatable bonds is 6. The van der Waals surface area contributed by atoms with Crippen LogP contribution in [0.15, 0.2) is 243 Å². The number of para-hydroxylation sites is 4. The van der Waals surface area contributed by atoms with Crippen LogP contribution in [0.4, 0.5) is 17.1 Å². The maximum absolute atomic E-state index is 2.53. The summed E-state index contributed by atoms with van der Waals surface area (Å²) in [4.78, 5) is 2.53. The molecule has 13 rings (SSSR count). The van der Waals surface area contributed by atoms with Gasteiger partial charge in [0, 0.05) is 27.6 Å². The van der Waals surface area contributed by atoms with Gasteiger partial charge < -0.3 is 9.47 Å². The molecule has 1 atom stereocenters. The zero-order valence-corrected chi connectivity index (χ0v) is 34.5. The molecule has 10 aromatic carbocycles. The van der Waals surface area contributed by atoms with Crippen molar-refractivity contribution in [2.75, 3.05) is 4.90 Å². The van der Waals surface area contributed by atoms with E-state index >= 15 is 0 Å². The highest BCUT2D eigenvalue weighted by Crippen LogP contribution is 2.63. The number of anilines is 3. The second kappa shape index (κ2) is 13.9. The SMILES string of the molecule is c1ccc(-c2cccc(N(c3ccccc3-c3ccccc3-c3ccccc3)c3cccc4c3-c3ccccc3C43c4ccccc4-n4c5ccccc5c5cccc3c54)c2)cc1. The summed E-state index contributed by atoms with van der Waals surface area (Å²) in [6.07, 6.45) is 0. The molecule has 0 saturated heterocycles. The highest BCUT2D eigenvalue weighted by Gasteiger charge is 2.51. The summed E-state index contributed by atoms with van der Waals surface area (Å²) < 4.78 is 2.52. The van der Waals surface area contributed by atoms with E-state index in [4.69, 9.17) is 0 Å². The summed E-state index contributed by atoms with van der Waals surface area (Å²) in [5, 5.41) is 2.56. The van der Waals surface area contributed by atoms with Crippen LogP contribution in [0.2, 0.25) is 0 Å². The van der Waals surface area contributed by atoms with Gasteiger partial charge in [-0.3, -0.25) is 0 Å². The van der Waals surface area contributed by atoms with Crippen LogP contribution in [0.3, 0.4) is 0 Å². The van der Waals surface area contributed by atoms with Gasteiger partial charge in [0.15, 0.2) is 0 Å². The van der Waals surface area contributed by atoms with Crippen LogP contribution < -0.4 is 4.90 Å². The Hall–Kier alpha value is -8.20. The standard InChI is InChI=1S/C61H40N2/c1-3-20-41(21-4-1)43-24-17-25-44(40-43)62(55-36-14-10-28-47(55)46-27-8-7-26-45(46)42-22-5-2-6-23-42)58-39-19-34-53-59(58)50-30-9-12-32-51(50)61(53)52-33-13-16-38-57(52)63-56-37-15-11-29-48(56)49-31-18-35-54(61)60(49)63/h1-40H. The predicted octanol–water partition coefficient (Wildman–Crippen LogP) is 15.9. The van der Waals surface area contributed by atoms with Crippen molar-refractivity contribution in [3.05, 3.63) is 265 Å². The van der Waals surface area contributed by atoms with Gasteiger partial charge >= 0.3 is 0 Å². The number of aromatic nitrogens is 1. The molecule has 0 saturated carbocycles. The van der Waals surface area contributed by atoms with E-state index in [0.29, 0.717) is 0 Å². The lowest BCUT2D eigenvalue weighted by Gasteiger charge is -2.39. The minimum Gasteiger partial charge on any atom is -0.309 e. The van der Waals surface area contributed by atoms with E-state index in [2.05, 4.69) is 252 Å². The molecule has 63 heavy (non-hydrogen) atoms. The Bertz CT molecular complexity index is 3580. The lowest BCUT2D eigenvalue weighted by molar-refractivity contribution is 0.748. The van der Waals surface area contributed by atoms with Crippen molar-refractivity contribution in [3.63, 3.8) is 0 Å². The third-order valence-electron chi connectivity index (χ3n) is 13.6. The fraction of sp³-hybridized carbons (Fsp3) is 0.0164. The second-order valence-electron chi connectivity index (χ2n) is 16.7. The molecule has 0 fully saturated rings. The van der Waals surface area contributed by atoms with Crippen molar-refractivity contribution in [1.82, 2.24) is 4.57 Å². The molecule has 11 aromatic rings. The van der Waals surface area contributed by atoms with Gasteiger partial charge in [-0.2, -0.15) is 0 Å². The first-order valence-corrected chi connectivity index (χ1v) is 21.9. The number of hydrogen-bond donors (Lipinski definition) is 0. The Morgan fingerprint density at radius 1 is 0.333 bits per heavy atom.